The number of nitro benzene ring substituents is 1. The van der Waals surface area contributed by atoms with Crippen molar-refractivity contribution < 1.29 is 13.9 Å². The minimum Gasteiger partial charge on any atom is -0.337 e. The summed E-state index contributed by atoms with van der Waals surface area (Å²) in [5.41, 5.74) is 2.12. The molecule has 1 heterocycles. The number of rotatable bonds is 3. The molecule has 0 saturated carbocycles. The molecule has 0 bridgehead atoms. The number of nitrogens with one attached hydrogen (secondary N) is 1. The van der Waals surface area contributed by atoms with Crippen molar-refractivity contribution in [2.75, 3.05) is 30.0 Å². The number of para-hydroxylation sites is 1. The molecule has 1 saturated heterocycles. The molecular formula is C11H14N4O4S. The van der Waals surface area contributed by atoms with Gasteiger partial charge in [0.1, 0.15) is 5.69 Å². The SMILES string of the molecule is NNc1c(C(=O)N2CCS(=O)CC2)cccc1[N+](=O)[O-]. The molecule has 1 aliphatic rings. The molecule has 0 atom stereocenters. The van der Waals surface area contributed by atoms with Crippen LogP contribution in [0, 0.1) is 10.1 Å². The number of benzene rings is 1. The molecule has 1 amide bonds. The van der Waals surface area contributed by atoms with Gasteiger partial charge < -0.3 is 10.3 Å². The van der Waals surface area contributed by atoms with Crippen LogP contribution in [0.4, 0.5) is 11.4 Å². The predicted octanol–water partition coefficient (Wildman–Crippen LogP) is 0.0849. The molecule has 3 N–H and O–H groups in total. The van der Waals surface area contributed by atoms with Gasteiger partial charge in [-0.2, -0.15) is 0 Å². The number of hydrazine groups is 1. The number of nitrogen functional groups attached to an aromatic ring is 1. The van der Waals surface area contributed by atoms with E-state index in [-0.39, 0.29) is 22.8 Å². The molecule has 8 nitrogen and oxygen atoms in total. The number of nitrogens with two attached hydrogens (primary N) is 1. The molecule has 0 aromatic heterocycles. The maximum atomic E-state index is 12.4. The summed E-state index contributed by atoms with van der Waals surface area (Å²) in [5, 5.41) is 10.9. The van der Waals surface area contributed by atoms with Crippen LogP contribution in [0.25, 0.3) is 0 Å². The van der Waals surface area contributed by atoms with Crippen molar-refractivity contribution in [3.05, 3.63) is 33.9 Å². The fourth-order valence-electron chi connectivity index (χ4n) is 2.03. The Labute approximate surface area is 117 Å². The Morgan fingerprint density at radius 2 is 2.05 bits per heavy atom. The van der Waals surface area contributed by atoms with E-state index in [1.165, 1.54) is 23.1 Å². The van der Waals surface area contributed by atoms with E-state index < -0.39 is 15.7 Å². The topological polar surface area (TPSA) is 119 Å². The van der Waals surface area contributed by atoms with Gasteiger partial charge in [-0.3, -0.25) is 25.0 Å². The number of amides is 1. The van der Waals surface area contributed by atoms with Crippen molar-refractivity contribution in [2.24, 2.45) is 5.84 Å². The number of hydrogen-bond donors (Lipinski definition) is 2. The molecule has 0 aliphatic carbocycles. The Hall–Kier alpha value is -2.00. The van der Waals surface area contributed by atoms with Crippen molar-refractivity contribution in [2.45, 2.75) is 0 Å². The molecule has 0 unspecified atom stereocenters. The smallest absolute Gasteiger partial charge is 0.294 e. The monoisotopic (exact) mass is 298 g/mol. The summed E-state index contributed by atoms with van der Waals surface area (Å²) in [6.07, 6.45) is 0. The number of carbonyl (C=O) groups is 1. The van der Waals surface area contributed by atoms with Crippen LogP contribution in [0.3, 0.4) is 0 Å². The van der Waals surface area contributed by atoms with Crippen molar-refractivity contribution in [3.8, 4) is 0 Å². The van der Waals surface area contributed by atoms with Crippen molar-refractivity contribution in [1.29, 1.82) is 0 Å². The van der Waals surface area contributed by atoms with E-state index in [1.807, 2.05) is 0 Å². The molecule has 20 heavy (non-hydrogen) atoms. The highest BCUT2D eigenvalue weighted by atomic mass is 32.2. The Kier molecular flexibility index (Phi) is 4.30. The Morgan fingerprint density at radius 1 is 1.40 bits per heavy atom. The zero-order valence-electron chi connectivity index (χ0n) is 10.6. The number of anilines is 1. The quantitative estimate of drug-likeness (QED) is 0.463. The molecule has 0 spiro atoms. The Balaban J connectivity index is 2.32. The minimum absolute atomic E-state index is 0.00537. The molecule has 1 aromatic carbocycles. The lowest BCUT2D eigenvalue weighted by atomic mass is 10.1. The van der Waals surface area contributed by atoms with E-state index in [2.05, 4.69) is 5.43 Å². The lowest BCUT2D eigenvalue weighted by Gasteiger charge is -2.27. The van der Waals surface area contributed by atoms with Crippen LogP contribution in [0.15, 0.2) is 18.2 Å². The van der Waals surface area contributed by atoms with Crippen LogP contribution in [-0.2, 0) is 10.8 Å². The van der Waals surface area contributed by atoms with E-state index in [0.717, 1.165) is 0 Å². The highest BCUT2D eigenvalue weighted by molar-refractivity contribution is 7.85. The fraction of sp³-hybridized carbons (Fsp3) is 0.364. The third kappa shape index (κ3) is 2.78. The standard InChI is InChI=1S/C11H14N4O4S/c12-13-10-8(2-1-3-9(10)15(17)18)11(16)14-4-6-20(19)7-5-14/h1-3,13H,4-7,12H2. The summed E-state index contributed by atoms with van der Waals surface area (Å²) in [4.78, 5) is 24.2. The van der Waals surface area contributed by atoms with Gasteiger partial charge in [0.15, 0.2) is 0 Å². The molecule has 2 rings (SSSR count). The van der Waals surface area contributed by atoms with Gasteiger partial charge in [0.05, 0.1) is 10.5 Å². The second kappa shape index (κ2) is 5.97. The summed E-state index contributed by atoms with van der Waals surface area (Å²) < 4.78 is 11.3. The van der Waals surface area contributed by atoms with Gasteiger partial charge in [-0.1, -0.05) is 6.07 Å². The van der Waals surface area contributed by atoms with Crippen LogP contribution >= 0.6 is 0 Å². The maximum Gasteiger partial charge on any atom is 0.294 e. The number of nitrogens with zero attached hydrogens (tertiary/aromatic N) is 2. The van der Waals surface area contributed by atoms with Crippen molar-refractivity contribution >= 4 is 28.1 Å². The summed E-state index contributed by atoms with van der Waals surface area (Å²) >= 11 is 0. The van der Waals surface area contributed by atoms with E-state index >= 15 is 0 Å². The van der Waals surface area contributed by atoms with Crippen LogP contribution in [0.1, 0.15) is 10.4 Å². The van der Waals surface area contributed by atoms with Gasteiger partial charge in [0, 0.05) is 41.5 Å². The zero-order valence-corrected chi connectivity index (χ0v) is 11.4. The van der Waals surface area contributed by atoms with E-state index in [9.17, 15) is 19.1 Å². The average Bonchev–Trinajstić information content (AvgIpc) is 2.46. The van der Waals surface area contributed by atoms with Gasteiger partial charge >= 0.3 is 0 Å². The first-order valence-corrected chi connectivity index (χ1v) is 7.41. The lowest BCUT2D eigenvalue weighted by molar-refractivity contribution is -0.384. The minimum atomic E-state index is -0.895. The van der Waals surface area contributed by atoms with Crippen LogP contribution in [0.2, 0.25) is 0 Å². The van der Waals surface area contributed by atoms with Crippen molar-refractivity contribution in [3.63, 3.8) is 0 Å². The van der Waals surface area contributed by atoms with Crippen LogP contribution < -0.4 is 11.3 Å². The Morgan fingerprint density at radius 3 is 2.60 bits per heavy atom. The molecule has 1 aliphatic heterocycles. The zero-order chi connectivity index (χ0) is 14.7. The first-order valence-electron chi connectivity index (χ1n) is 5.93. The van der Waals surface area contributed by atoms with E-state index in [4.69, 9.17) is 5.84 Å². The normalized spacial score (nSPS) is 15.9. The first kappa shape index (κ1) is 14.4. The van der Waals surface area contributed by atoms with Gasteiger partial charge in [-0.15, -0.1) is 0 Å². The predicted molar refractivity (Wildman–Crippen MR) is 74.7 cm³/mol. The largest absolute Gasteiger partial charge is 0.337 e. The second-order valence-corrected chi connectivity index (χ2v) is 5.94. The molecule has 1 aromatic rings. The molecular weight excluding hydrogens is 284 g/mol. The first-order chi connectivity index (χ1) is 9.54. The summed E-state index contributed by atoms with van der Waals surface area (Å²) in [7, 11) is -0.895. The third-order valence-corrected chi connectivity index (χ3v) is 4.35. The third-order valence-electron chi connectivity index (χ3n) is 3.08. The number of nitro groups is 1. The Bertz CT molecular complexity index is 568. The van der Waals surface area contributed by atoms with Gasteiger partial charge in [-0.25, -0.2) is 0 Å². The fourth-order valence-corrected chi connectivity index (χ4v) is 3.09. The molecule has 9 heteroatoms. The molecule has 108 valence electrons. The second-order valence-electron chi connectivity index (χ2n) is 4.24. The lowest BCUT2D eigenvalue weighted by Crippen LogP contribution is -2.42. The summed E-state index contributed by atoms with van der Waals surface area (Å²) in [5.74, 6) is 5.80. The van der Waals surface area contributed by atoms with E-state index in [1.54, 1.807) is 0 Å². The number of hydrogen-bond acceptors (Lipinski definition) is 6. The highest BCUT2D eigenvalue weighted by Crippen LogP contribution is 2.28. The van der Waals surface area contributed by atoms with E-state index in [0.29, 0.717) is 24.6 Å². The van der Waals surface area contributed by atoms with Gasteiger partial charge in [-0.05, 0) is 6.07 Å². The summed E-state index contributed by atoms with van der Waals surface area (Å²) in [6, 6.07) is 4.20. The average molecular weight is 298 g/mol. The van der Waals surface area contributed by atoms with Gasteiger partial charge in [0.2, 0.25) is 0 Å². The van der Waals surface area contributed by atoms with Crippen LogP contribution in [0.5, 0.6) is 0 Å². The molecule has 0 radical (unpaired) electrons. The van der Waals surface area contributed by atoms with Crippen molar-refractivity contribution in [1.82, 2.24) is 4.90 Å². The maximum absolute atomic E-state index is 12.4. The highest BCUT2D eigenvalue weighted by Gasteiger charge is 2.26. The summed E-state index contributed by atoms with van der Waals surface area (Å²) in [6.45, 7) is 0.746. The number of carbonyl (C=O) groups excluding carboxylic acids is 1. The van der Waals surface area contributed by atoms with Gasteiger partial charge in [0.25, 0.3) is 11.6 Å². The van der Waals surface area contributed by atoms with Crippen LogP contribution in [-0.4, -0.2) is 44.5 Å². The molecule has 1 fully saturated rings.